The van der Waals surface area contributed by atoms with Gasteiger partial charge in [-0.15, -0.1) is 0 Å². The van der Waals surface area contributed by atoms with Crippen molar-refractivity contribution in [1.82, 2.24) is 20.0 Å². The van der Waals surface area contributed by atoms with Crippen LogP contribution in [-0.4, -0.2) is 39.7 Å². The Morgan fingerprint density at radius 3 is 2.79 bits per heavy atom. The molecule has 0 radical (unpaired) electrons. The SMILES string of the molecule is CC(=O)N1CC[C@@H](NCc2cnn(Cc3ccccc3)c2)[C@H](C)C1. The summed E-state index contributed by atoms with van der Waals surface area (Å²) >= 11 is 0. The van der Waals surface area contributed by atoms with Gasteiger partial charge in [-0.25, -0.2) is 0 Å². The molecular formula is C19H26N4O. The predicted octanol–water partition coefficient (Wildman–Crippen LogP) is 2.28. The average Bonchev–Trinajstić information content (AvgIpc) is 3.02. The lowest BCUT2D eigenvalue weighted by atomic mass is 9.93. The number of hydrogen-bond acceptors (Lipinski definition) is 3. The molecule has 2 heterocycles. The van der Waals surface area contributed by atoms with Gasteiger partial charge in [0.15, 0.2) is 0 Å². The minimum Gasteiger partial charge on any atom is -0.343 e. The molecule has 5 nitrogen and oxygen atoms in total. The third kappa shape index (κ3) is 4.23. The lowest BCUT2D eigenvalue weighted by molar-refractivity contribution is -0.130. The van der Waals surface area contributed by atoms with Gasteiger partial charge in [0, 0.05) is 44.4 Å². The average molecular weight is 326 g/mol. The topological polar surface area (TPSA) is 50.2 Å². The molecule has 1 amide bonds. The molecule has 0 spiro atoms. The molecule has 2 atom stereocenters. The van der Waals surface area contributed by atoms with Crippen molar-refractivity contribution in [3.8, 4) is 0 Å². The van der Waals surface area contributed by atoms with Crippen molar-refractivity contribution in [2.45, 2.75) is 39.4 Å². The molecule has 1 aliphatic rings. The van der Waals surface area contributed by atoms with Gasteiger partial charge in [0.05, 0.1) is 12.7 Å². The van der Waals surface area contributed by atoms with Gasteiger partial charge in [-0.1, -0.05) is 37.3 Å². The van der Waals surface area contributed by atoms with Gasteiger partial charge in [0.25, 0.3) is 0 Å². The molecule has 0 aliphatic carbocycles. The van der Waals surface area contributed by atoms with Gasteiger partial charge in [0.2, 0.25) is 5.91 Å². The second-order valence-corrected chi connectivity index (χ2v) is 6.75. The fourth-order valence-corrected chi connectivity index (χ4v) is 3.34. The highest BCUT2D eigenvalue weighted by molar-refractivity contribution is 5.73. The van der Waals surface area contributed by atoms with Crippen LogP contribution in [0.4, 0.5) is 0 Å². The van der Waals surface area contributed by atoms with E-state index in [2.05, 4.69) is 47.8 Å². The number of nitrogens with one attached hydrogen (secondary N) is 1. The maximum Gasteiger partial charge on any atom is 0.219 e. The Bertz CT molecular complexity index is 667. The first-order valence-electron chi connectivity index (χ1n) is 8.66. The first kappa shape index (κ1) is 16.7. The summed E-state index contributed by atoms with van der Waals surface area (Å²) in [6.45, 7) is 7.19. The van der Waals surface area contributed by atoms with E-state index in [0.717, 1.165) is 32.6 Å². The second kappa shape index (κ2) is 7.62. The molecule has 1 aromatic carbocycles. The fraction of sp³-hybridized carbons (Fsp3) is 0.474. The normalized spacial score (nSPS) is 21.0. The molecule has 1 fully saturated rings. The summed E-state index contributed by atoms with van der Waals surface area (Å²) in [7, 11) is 0. The van der Waals surface area contributed by atoms with Crippen molar-refractivity contribution in [3.05, 3.63) is 53.9 Å². The molecule has 5 heteroatoms. The van der Waals surface area contributed by atoms with Crippen LogP contribution in [0.15, 0.2) is 42.7 Å². The zero-order valence-corrected chi connectivity index (χ0v) is 14.5. The van der Waals surface area contributed by atoms with Crippen molar-refractivity contribution in [2.75, 3.05) is 13.1 Å². The van der Waals surface area contributed by atoms with E-state index in [1.54, 1.807) is 6.92 Å². The van der Waals surface area contributed by atoms with E-state index in [0.29, 0.717) is 12.0 Å². The summed E-state index contributed by atoms with van der Waals surface area (Å²) in [5, 5.41) is 8.09. The highest BCUT2D eigenvalue weighted by Gasteiger charge is 2.26. The zero-order chi connectivity index (χ0) is 16.9. The Kier molecular flexibility index (Phi) is 5.30. The number of nitrogens with zero attached hydrogens (tertiary/aromatic N) is 3. The minimum absolute atomic E-state index is 0.183. The number of hydrogen-bond donors (Lipinski definition) is 1. The molecule has 1 saturated heterocycles. The van der Waals surface area contributed by atoms with E-state index in [1.165, 1.54) is 11.1 Å². The number of rotatable bonds is 5. The Balaban J connectivity index is 1.50. The number of piperidine rings is 1. The first-order chi connectivity index (χ1) is 11.6. The van der Waals surface area contributed by atoms with Crippen LogP contribution in [-0.2, 0) is 17.9 Å². The molecule has 0 unspecified atom stereocenters. The van der Waals surface area contributed by atoms with E-state index in [4.69, 9.17) is 0 Å². The van der Waals surface area contributed by atoms with Crippen LogP contribution in [0.25, 0.3) is 0 Å². The minimum atomic E-state index is 0.183. The van der Waals surface area contributed by atoms with E-state index < -0.39 is 0 Å². The molecule has 1 aromatic heterocycles. The van der Waals surface area contributed by atoms with E-state index in [9.17, 15) is 4.79 Å². The Morgan fingerprint density at radius 1 is 1.29 bits per heavy atom. The van der Waals surface area contributed by atoms with Crippen molar-refractivity contribution >= 4 is 5.91 Å². The molecule has 3 rings (SSSR count). The standard InChI is InChI=1S/C19H26N4O/c1-15-12-22(16(2)24)9-8-19(15)20-10-18-11-21-23(14-18)13-17-6-4-3-5-7-17/h3-7,11,14-15,19-20H,8-10,12-13H2,1-2H3/t15-,19-/m1/s1. The monoisotopic (exact) mass is 326 g/mol. The van der Waals surface area contributed by atoms with Crippen molar-refractivity contribution in [2.24, 2.45) is 5.92 Å². The van der Waals surface area contributed by atoms with Gasteiger partial charge in [-0.3, -0.25) is 9.48 Å². The van der Waals surface area contributed by atoms with Gasteiger partial charge in [0.1, 0.15) is 0 Å². The summed E-state index contributed by atoms with van der Waals surface area (Å²) in [6, 6.07) is 10.8. The van der Waals surface area contributed by atoms with Crippen LogP contribution < -0.4 is 5.32 Å². The summed E-state index contributed by atoms with van der Waals surface area (Å²) < 4.78 is 1.98. The number of carbonyl (C=O) groups excluding carboxylic acids is 1. The molecule has 1 N–H and O–H groups in total. The van der Waals surface area contributed by atoms with Crippen LogP contribution in [0, 0.1) is 5.92 Å². The van der Waals surface area contributed by atoms with Crippen LogP contribution in [0.3, 0.4) is 0 Å². The molecule has 128 valence electrons. The largest absolute Gasteiger partial charge is 0.343 e. The zero-order valence-electron chi connectivity index (χ0n) is 14.5. The summed E-state index contributed by atoms with van der Waals surface area (Å²) in [5.74, 6) is 0.657. The number of likely N-dealkylation sites (tertiary alicyclic amines) is 1. The highest BCUT2D eigenvalue weighted by Crippen LogP contribution is 2.17. The second-order valence-electron chi connectivity index (χ2n) is 6.75. The Hall–Kier alpha value is -2.14. The van der Waals surface area contributed by atoms with Crippen LogP contribution in [0.5, 0.6) is 0 Å². The lowest BCUT2D eigenvalue weighted by Gasteiger charge is -2.37. The summed E-state index contributed by atoms with van der Waals surface area (Å²) in [6.07, 6.45) is 5.06. The summed E-state index contributed by atoms with van der Waals surface area (Å²) in [4.78, 5) is 13.4. The molecule has 24 heavy (non-hydrogen) atoms. The van der Waals surface area contributed by atoms with E-state index in [-0.39, 0.29) is 5.91 Å². The number of aromatic nitrogens is 2. The smallest absolute Gasteiger partial charge is 0.219 e. The molecule has 0 bridgehead atoms. The third-order valence-corrected chi connectivity index (χ3v) is 4.79. The molecular weight excluding hydrogens is 300 g/mol. The molecule has 2 aromatic rings. The van der Waals surface area contributed by atoms with E-state index >= 15 is 0 Å². The third-order valence-electron chi connectivity index (χ3n) is 4.79. The van der Waals surface area contributed by atoms with Gasteiger partial charge < -0.3 is 10.2 Å². The van der Waals surface area contributed by atoms with Crippen molar-refractivity contribution in [3.63, 3.8) is 0 Å². The van der Waals surface area contributed by atoms with Crippen LogP contribution in [0.2, 0.25) is 0 Å². The quantitative estimate of drug-likeness (QED) is 0.917. The lowest BCUT2D eigenvalue weighted by Crippen LogP contribution is -2.49. The van der Waals surface area contributed by atoms with Crippen molar-refractivity contribution < 1.29 is 4.79 Å². The van der Waals surface area contributed by atoms with Gasteiger partial charge in [-0.05, 0) is 17.9 Å². The van der Waals surface area contributed by atoms with Gasteiger partial charge >= 0.3 is 0 Å². The predicted molar refractivity (Wildman–Crippen MR) is 94.4 cm³/mol. The maximum atomic E-state index is 11.5. The highest BCUT2D eigenvalue weighted by atomic mass is 16.2. The Labute approximate surface area is 143 Å². The maximum absolute atomic E-state index is 11.5. The number of amides is 1. The molecule has 0 saturated carbocycles. The number of benzene rings is 1. The number of carbonyl (C=O) groups is 1. The summed E-state index contributed by atoms with van der Waals surface area (Å²) in [5.41, 5.74) is 2.46. The van der Waals surface area contributed by atoms with Gasteiger partial charge in [-0.2, -0.15) is 5.10 Å². The van der Waals surface area contributed by atoms with E-state index in [1.807, 2.05) is 21.8 Å². The van der Waals surface area contributed by atoms with Crippen LogP contribution in [0.1, 0.15) is 31.4 Å². The first-order valence-corrected chi connectivity index (χ1v) is 8.66. The Morgan fingerprint density at radius 2 is 2.08 bits per heavy atom. The van der Waals surface area contributed by atoms with Crippen molar-refractivity contribution in [1.29, 1.82) is 0 Å². The fourth-order valence-electron chi connectivity index (χ4n) is 3.34. The molecule has 1 aliphatic heterocycles. The van der Waals surface area contributed by atoms with Crippen LogP contribution >= 0.6 is 0 Å².